The highest BCUT2D eigenvalue weighted by atomic mass is 32.2. The average Bonchev–Trinajstić information content (AvgIpc) is 2.27. The summed E-state index contributed by atoms with van der Waals surface area (Å²) in [5.41, 5.74) is 0.0536. The van der Waals surface area contributed by atoms with Crippen LogP contribution in [0.25, 0.3) is 0 Å². The predicted molar refractivity (Wildman–Crippen MR) is 70.6 cm³/mol. The molecule has 1 aromatic rings. The average molecular weight is 278 g/mol. The number of aromatic nitrogens is 1. The smallest absolute Gasteiger partial charge is 0.152 e. The van der Waals surface area contributed by atoms with Crippen molar-refractivity contribution in [2.24, 2.45) is 0 Å². The van der Waals surface area contributed by atoms with Gasteiger partial charge in [0.1, 0.15) is 6.67 Å². The molecule has 0 amide bonds. The highest BCUT2D eigenvalue weighted by Crippen LogP contribution is 2.20. The van der Waals surface area contributed by atoms with Crippen LogP contribution in [-0.2, 0) is 17.7 Å². The minimum absolute atomic E-state index is 0. The molecule has 2 unspecified atom stereocenters. The van der Waals surface area contributed by atoms with Gasteiger partial charge in [0.15, 0.2) is 5.82 Å². The summed E-state index contributed by atoms with van der Waals surface area (Å²) in [5.74, 6) is -0.675. The van der Waals surface area contributed by atoms with Gasteiger partial charge in [-0.1, -0.05) is 0 Å². The highest BCUT2D eigenvalue weighted by Gasteiger charge is 2.24. The Morgan fingerprint density at radius 1 is 1.56 bits per heavy atom. The summed E-state index contributed by atoms with van der Waals surface area (Å²) in [5, 5.41) is 0. The van der Waals surface area contributed by atoms with Gasteiger partial charge in [-0.2, -0.15) is 0 Å². The minimum atomic E-state index is -1.34. The van der Waals surface area contributed by atoms with Crippen LogP contribution in [0, 0.1) is 5.82 Å². The molecular formula is C12H20F2N2OS. The zero-order chi connectivity index (χ0) is 13.9. The van der Waals surface area contributed by atoms with E-state index < -0.39 is 34.3 Å². The van der Waals surface area contributed by atoms with Crippen LogP contribution in [0.1, 0.15) is 46.4 Å². The Kier molecular flexibility index (Phi) is 4.92. The van der Waals surface area contributed by atoms with Crippen molar-refractivity contribution in [3.05, 3.63) is 29.3 Å². The normalized spacial score (nSPS) is 15.4. The van der Waals surface area contributed by atoms with Gasteiger partial charge in [0, 0.05) is 13.2 Å². The summed E-state index contributed by atoms with van der Waals surface area (Å²) in [4.78, 5) is 3.88. The molecule has 0 aliphatic carbocycles. The van der Waals surface area contributed by atoms with Gasteiger partial charge in [-0.25, -0.2) is 17.7 Å². The van der Waals surface area contributed by atoms with E-state index in [9.17, 15) is 13.0 Å². The minimum Gasteiger partial charge on any atom is -0.257 e. The molecule has 18 heavy (non-hydrogen) atoms. The van der Waals surface area contributed by atoms with E-state index in [1.54, 1.807) is 6.92 Å². The van der Waals surface area contributed by atoms with E-state index in [2.05, 4.69) is 9.71 Å². The second-order valence-electron chi connectivity index (χ2n) is 5.02. The van der Waals surface area contributed by atoms with Crippen LogP contribution < -0.4 is 4.72 Å². The number of nitrogens with one attached hydrogen (secondary N) is 1. The van der Waals surface area contributed by atoms with Crippen LogP contribution >= 0.6 is 0 Å². The summed E-state index contributed by atoms with van der Waals surface area (Å²) in [6.45, 7) is 6.20. The molecule has 6 heteroatoms. The maximum absolute atomic E-state index is 13.8. The lowest BCUT2D eigenvalue weighted by Crippen LogP contribution is -2.35. The van der Waals surface area contributed by atoms with E-state index in [0.717, 1.165) is 0 Å². The molecule has 0 fully saturated rings. The molecule has 2 atom stereocenters. The first-order valence-electron chi connectivity index (χ1n) is 5.64. The fraction of sp³-hybridized carbons (Fsp3) is 0.583. The second kappa shape index (κ2) is 5.84. The first kappa shape index (κ1) is 15.2. The van der Waals surface area contributed by atoms with E-state index in [4.69, 9.17) is 0 Å². The van der Waals surface area contributed by atoms with Gasteiger partial charge in [-0.15, -0.1) is 0 Å². The molecule has 0 saturated carbocycles. The van der Waals surface area contributed by atoms with E-state index in [-0.39, 0.29) is 12.7 Å². The van der Waals surface area contributed by atoms with Crippen molar-refractivity contribution in [2.75, 3.05) is 0 Å². The number of hydrogen-bond donors (Lipinski definition) is 1. The van der Waals surface area contributed by atoms with E-state index in [1.165, 1.54) is 12.3 Å². The quantitative estimate of drug-likeness (QED) is 0.919. The molecule has 3 nitrogen and oxygen atoms in total. The lowest BCUT2D eigenvalue weighted by Gasteiger charge is -2.22. The van der Waals surface area contributed by atoms with E-state index in [0.29, 0.717) is 0 Å². The largest absolute Gasteiger partial charge is 0.257 e. The van der Waals surface area contributed by atoms with Crippen LogP contribution in [0.5, 0.6) is 0 Å². The zero-order valence-electron chi connectivity index (χ0n) is 11.0. The molecule has 1 aromatic heterocycles. The van der Waals surface area contributed by atoms with E-state index >= 15 is 0 Å². The molecule has 0 radical (unpaired) electrons. The van der Waals surface area contributed by atoms with Crippen molar-refractivity contribution in [1.82, 2.24) is 9.71 Å². The summed E-state index contributed by atoms with van der Waals surface area (Å²) >= 11 is 0. The van der Waals surface area contributed by atoms with Gasteiger partial charge < -0.3 is 0 Å². The molecule has 104 valence electrons. The van der Waals surface area contributed by atoms with Crippen molar-refractivity contribution in [3.8, 4) is 0 Å². The Bertz CT molecular complexity index is 452. The van der Waals surface area contributed by atoms with Gasteiger partial charge >= 0.3 is 0 Å². The number of alkyl halides is 1. The number of nitrogens with zero attached hydrogens (tertiary/aromatic N) is 1. The Labute approximate surface area is 110 Å². The monoisotopic (exact) mass is 278 g/mol. The fourth-order valence-electron chi connectivity index (χ4n) is 1.30. The summed E-state index contributed by atoms with van der Waals surface area (Å²) in [6.07, 6.45) is 1.35. The Morgan fingerprint density at radius 3 is 2.67 bits per heavy atom. The first-order valence-corrected chi connectivity index (χ1v) is 6.79. The van der Waals surface area contributed by atoms with Crippen molar-refractivity contribution in [2.45, 2.75) is 45.2 Å². The maximum atomic E-state index is 13.8. The standard InChI is InChI=1S/C12H18F2N2OS.H2/c1-8(16-18(17)12(2,3)4)11-10(14)9(7-13)5-6-15-11;/h5-6,8,16H,7H2,1-4H3;1H. The van der Waals surface area contributed by atoms with Gasteiger partial charge in [0.05, 0.1) is 27.5 Å². The van der Waals surface area contributed by atoms with Crippen molar-refractivity contribution < 1.29 is 14.4 Å². The SMILES string of the molecule is CC(NS(=O)C(C)(C)C)c1nccc(CF)c1F.[HH]. The molecule has 0 saturated heterocycles. The summed E-state index contributed by atoms with van der Waals surface area (Å²) in [6, 6.07) is 0.753. The highest BCUT2D eigenvalue weighted by molar-refractivity contribution is 7.84. The van der Waals surface area contributed by atoms with Crippen LogP contribution in [-0.4, -0.2) is 13.9 Å². The summed E-state index contributed by atoms with van der Waals surface area (Å²) in [7, 11) is -1.34. The molecule has 0 aromatic carbocycles. The van der Waals surface area contributed by atoms with Crippen molar-refractivity contribution in [3.63, 3.8) is 0 Å². The van der Waals surface area contributed by atoms with Crippen LogP contribution in [0.15, 0.2) is 12.3 Å². The first-order chi connectivity index (χ1) is 8.27. The molecule has 1 rings (SSSR count). The van der Waals surface area contributed by atoms with Crippen LogP contribution in [0.4, 0.5) is 8.78 Å². The van der Waals surface area contributed by atoms with Gasteiger partial charge in [-0.05, 0) is 33.8 Å². The third-order valence-electron chi connectivity index (χ3n) is 2.39. The maximum Gasteiger partial charge on any atom is 0.152 e. The zero-order valence-corrected chi connectivity index (χ0v) is 11.8. The van der Waals surface area contributed by atoms with E-state index in [1.807, 2.05) is 20.8 Å². The number of rotatable bonds is 4. The third-order valence-corrected chi connectivity index (χ3v) is 4.07. The molecule has 0 bridgehead atoms. The number of halogens is 2. The van der Waals surface area contributed by atoms with Gasteiger partial charge in [0.2, 0.25) is 0 Å². The third kappa shape index (κ3) is 3.55. The van der Waals surface area contributed by atoms with Crippen LogP contribution in [0.3, 0.4) is 0 Å². The summed E-state index contributed by atoms with van der Waals surface area (Å²) < 4.78 is 40.6. The Hall–Kier alpha value is -0.880. The second-order valence-corrected chi connectivity index (χ2v) is 7.02. The number of pyridine rings is 1. The molecule has 0 aliphatic rings. The predicted octanol–water partition coefficient (Wildman–Crippen LogP) is 3.05. The van der Waals surface area contributed by atoms with Crippen molar-refractivity contribution in [1.29, 1.82) is 0 Å². The lowest BCUT2D eigenvalue weighted by atomic mass is 10.1. The molecule has 0 spiro atoms. The Balaban J connectivity index is 0.00000324. The molecule has 1 heterocycles. The molecular weight excluding hydrogens is 258 g/mol. The molecule has 1 N–H and O–H groups in total. The van der Waals surface area contributed by atoms with Crippen LogP contribution in [0.2, 0.25) is 0 Å². The fourth-order valence-corrected chi connectivity index (χ4v) is 2.09. The van der Waals surface area contributed by atoms with Gasteiger partial charge in [-0.3, -0.25) is 4.98 Å². The lowest BCUT2D eigenvalue weighted by molar-refractivity contribution is 0.455. The van der Waals surface area contributed by atoms with Gasteiger partial charge in [0.25, 0.3) is 0 Å². The van der Waals surface area contributed by atoms with Crippen molar-refractivity contribution >= 4 is 11.0 Å². The Morgan fingerprint density at radius 2 is 2.17 bits per heavy atom. The topological polar surface area (TPSA) is 42.0 Å². The number of hydrogen-bond acceptors (Lipinski definition) is 2. The molecule has 0 aliphatic heterocycles.